The fraction of sp³-hybridized carbons (Fsp3) is 0.694. The van der Waals surface area contributed by atoms with Crippen molar-refractivity contribution in [1.82, 2.24) is 4.90 Å². The van der Waals surface area contributed by atoms with Crippen molar-refractivity contribution in [3.8, 4) is 0 Å². The first-order valence-electron chi connectivity index (χ1n) is 16.9. The summed E-state index contributed by atoms with van der Waals surface area (Å²) < 4.78 is 29.5. The predicted molar refractivity (Wildman–Crippen MR) is 167 cm³/mol. The van der Waals surface area contributed by atoms with Gasteiger partial charge >= 0.3 is 5.97 Å². The lowest BCUT2D eigenvalue weighted by Crippen LogP contribution is -2.48. The number of rotatable bonds is 12. The molecule has 2 aromatic rings. The molecular formula is C36H50FNO6. The van der Waals surface area contributed by atoms with E-state index in [0.717, 1.165) is 55.9 Å². The number of Topliss-reactive ketones (excluding diaryl/α,β-unsaturated/α-hetero) is 1. The molecule has 1 saturated heterocycles. The first kappa shape index (κ1) is 32.6. The Hall–Kier alpha value is -2.74. The van der Waals surface area contributed by atoms with Crippen LogP contribution in [0.3, 0.4) is 0 Å². The molecule has 2 aliphatic carbocycles. The summed E-state index contributed by atoms with van der Waals surface area (Å²) in [6.45, 7) is 4.90. The lowest BCUT2D eigenvalue weighted by atomic mass is 9.74. The first-order chi connectivity index (χ1) is 21.3. The number of nitrogens with zero attached hydrogens (tertiary/aromatic N) is 1. The largest absolute Gasteiger partial charge is 0.460 e. The van der Waals surface area contributed by atoms with E-state index in [9.17, 15) is 18.8 Å². The Bertz CT molecular complexity index is 1290. The number of benzene rings is 1. The summed E-state index contributed by atoms with van der Waals surface area (Å²) >= 11 is 0. The summed E-state index contributed by atoms with van der Waals surface area (Å²) in [5.74, 6) is 0.901. The van der Waals surface area contributed by atoms with Crippen molar-refractivity contribution < 1.29 is 32.7 Å². The van der Waals surface area contributed by atoms with E-state index in [0.29, 0.717) is 42.6 Å². The Morgan fingerprint density at radius 3 is 2.48 bits per heavy atom. The standard InChI is InChI=1S/C36H50FNO6/c1-23(22-37)26-11-13-28(14-12-26)35(40)38-17-16-29(27-8-5-4-6-9-27)33(38)31(39)21-25-10-15-32-30(20-25)24(2)34(44-32)36(41)43-19-7-18-42-3/h10,15,20,23,26-29,33H,4-9,11-14,16-19,21-22H2,1-3H3/t23-,26?,28?,29+,33+/m1/s1. The average Bonchev–Trinajstić information content (AvgIpc) is 3.64. The average molecular weight is 612 g/mol. The van der Waals surface area contributed by atoms with Crippen molar-refractivity contribution in [2.75, 3.05) is 33.5 Å². The van der Waals surface area contributed by atoms with Gasteiger partial charge in [-0.25, -0.2) is 4.79 Å². The number of amides is 1. The smallest absolute Gasteiger partial charge is 0.374 e. The molecule has 0 bridgehead atoms. The summed E-state index contributed by atoms with van der Waals surface area (Å²) in [5, 5.41) is 0.793. The summed E-state index contributed by atoms with van der Waals surface area (Å²) in [7, 11) is 1.61. The second-order valence-corrected chi connectivity index (χ2v) is 13.6. The van der Waals surface area contributed by atoms with Crippen LogP contribution < -0.4 is 0 Å². The van der Waals surface area contributed by atoms with Gasteiger partial charge in [-0.05, 0) is 80.4 Å². The van der Waals surface area contributed by atoms with Crippen molar-refractivity contribution >= 4 is 28.6 Å². The number of ketones is 1. The second-order valence-electron chi connectivity index (χ2n) is 13.6. The molecule has 1 aromatic carbocycles. The topological polar surface area (TPSA) is 86.1 Å². The van der Waals surface area contributed by atoms with Gasteiger partial charge in [0.05, 0.1) is 19.3 Å². The normalized spacial score (nSPS) is 25.3. The van der Waals surface area contributed by atoms with Crippen LogP contribution in [-0.4, -0.2) is 62.1 Å². The van der Waals surface area contributed by atoms with Crippen LogP contribution in [0.2, 0.25) is 0 Å². The molecule has 0 radical (unpaired) electrons. The van der Waals surface area contributed by atoms with Crippen LogP contribution in [0.25, 0.3) is 11.0 Å². The molecule has 2 saturated carbocycles. The van der Waals surface area contributed by atoms with Gasteiger partial charge < -0.3 is 18.8 Å². The van der Waals surface area contributed by atoms with Crippen molar-refractivity contribution in [2.45, 2.75) is 96.9 Å². The molecule has 0 N–H and O–H groups in total. The molecule has 44 heavy (non-hydrogen) atoms. The molecule has 8 heteroatoms. The van der Waals surface area contributed by atoms with Gasteiger partial charge in [-0.3, -0.25) is 14.0 Å². The summed E-state index contributed by atoms with van der Waals surface area (Å²) in [4.78, 5) is 42.8. The molecular weight excluding hydrogens is 561 g/mol. The fourth-order valence-corrected chi connectivity index (χ4v) is 8.14. The minimum Gasteiger partial charge on any atom is -0.460 e. The number of furan rings is 1. The second kappa shape index (κ2) is 15.0. The highest BCUT2D eigenvalue weighted by Crippen LogP contribution is 2.42. The van der Waals surface area contributed by atoms with Crippen LogP contribution in [0.5, 0.6) is 0 Å². The molecule has 3 aliphatic rings. The number of ether oxygens (including phenoxy) is 2. The highest BCUT2D eigenvalue weighted by Gasteiger charge is 2.46. The lowest BCUT2D eigenvalue weighted by Gasteiger charge is -2.37. The highest BCUT2D eigenvalue weighted by molar-refractivity contribution is 5.97. The van der Waals surface area contributed by atoms with Gasteiger partial charge in [0.2, 0.25) is 11.7 Å². The molecule has 242 valence electrons. The highest BCUT2D eigenvalue weighted by atomic mass is 19.1. The zero-order valence-electron chi connectivity index (χ0n) is 26.8. The molecule has 5 rings (SSSR count). The van der Waals surface area contributed by atoms with Crippen LogP contribution in [-0.2, 0) is 25.5 Å². The number of carbonyl (C=O) groups excluding carboxylic acids is 3. The third-order valence-corrected chi connectivity index (χ3v) is 10.8. The minimum absolute atomic E-state index is 0.0432. The molecule has 0 spiro atoms. The lowest BCUT2D eigenvalue weighted by molar-refractivity contribution is -0.143. The maximum Gasteiger partial charge on any atom is 0.374 e. The van der Waals surface area contributed by atoms with Gasteiger partial charge in [0.1, 0.15) is 5.58 Å². The van der Waals surface area contributed by atoms with Crippen LogP contribution in [0.15, 0.2) is 22.6 Å². The number of methoxy groups -OCH3 is 1. The Labute approximate surface area is 261 Å². The van der Waals surface area contributed by atoms with Gasteiger partial charge in [-0.2, -0.15) is 0 Å². The number of esters is 1. The van der Waals surface area contributed by atoms with Crippen LogP contribution in [0, 0.1) is 36.5 Å². The number of likely N-dealkylation sites (tertiary alicyclic amines) is 1. The van der Waals surface area contributed by atoms with Crippen molar-refractivity contribution in [3.63, 3.8) is 0 Å². The molecule has 3 fully saturated rings. The summed E-state index contributed by atoms with van der Waals surface area (Å²) in [6, 6.07) is 5.25. The van der Waals surface area contributed by atoms with Gasteiger partial charge in [-0.15, -0.1) is 0 Å². The van der Waals surface area contributed by atoms with Crippen LogP contribution >= 0.6 is 0 Å². The zero-order chi connectivity index (χ0) is 31.2. The van der Waals surface area contributed by atoms with E-state index >= 15 is 0 Å². The third kappa shape index (κ3) is 7.21. The third-order valence-electron chi connectivity index (χ3n) is 10.8. The molecule has 2 heterocycles. The molecule has 1 amide bonds. The summed E-state index contributed by atoms with van der Waals surface area (Å²) in [5.41, 5.74) is 2.13. The maximum absolute atomic E-state index is 14.2. The van der Waals surface area contributed by atoms with Gasteiger partial charge in [0, 0.05) is 50.0 Å². The Morgan fingerprint density at radius 1 is 1.02 bits per heavy atom. The van der Waals surface area contributed by atoms with E-state index in [2.05, 4.69) is 0 Å². The van der Waals surface area contributed by atoms with Crippen molar-refractivity contribution in [2.24, 2.45) is 29.6 Å². The van der Waals surface area contributed by atoms with E-state index in [-0.39, 0.29) is 54.9 Å². The van der Waals surface area contributed by atoms with E-state index in [1.54, 1.807) is 7.11 Å². The SMILES string of the molecule is COCCCOC(=O)c1oc2ccc(CC(=O)[C@@H]3[C@H](C4CCCCC4)CCN3C(=O)C3CCC([C@H](C)CF)CC3)cc2c1C. The van der Waals surface area contributed by atoms with E-state index in [1.807, 2.05) is 36.9 Å². The number of fused-ring (bicyclic) bond motifs is 1. The zero-order valence-corrected chi connectivity index (χ0v) is 26.8. The Balaban J connectivity index is 1.32. The predicted octanol–water partition coefficient (Wildman–Crippen LogP) is 7.26. The first-order valence-corrected chi connectivity index (χ1v) is 16.9. The van der Waals surface area contributed by atoms with Crippen molar-refractivity contribution in [1.29, 1.82) is 0 Å². The number of aryl methyl sites for hydroxylation is 1. The number of hydrogen-bond acceptors (Lipinski definition) is 6. The Morgan fingerprint density at radius 2 is 1.77 bits per heavy atom. The number of carbonyl (C=O) groups is 3. The van der Waals surface area contributed by atoms with Crippen LogP contribution in [0.1, 0.15) is 99.2 Å². The summed E-state index contributed by atoms with van der Waals surface area (Å²) in [6.07, 6.45) is 11.0. The van der Waals surface area contributed by atoms with E-state index < -0.39 is 12.0 Å². The maximum atomic E-state index is 14.2. The van der Waals surface area contributed by atoms with E-state index in [1.165, 1.54) is 19.3 Å². The van der Waals surface area contributed by atoms with E-state index in [4.69, 9.17) is 13.9 Å². The van der Waals surface area contributed by atoms with Gasteiger partial charge in [0.25, 0.3) is 0 Å². The Kier molecular flexibility index (Phi) is 11.2. The molecule has 1 aromatic heterocycles. The quantitative estimate of drug-likeness (QED) is 0.186. The number of alkyl halides is 1. The fourth-order valence-electron chi connectivity index (χ4n) is 8.14. The van der Waals surface area contributed by atoms with Gasteiger partial charge in [0.15, 0.2) is 5.78 Å². The number of halogens is 1. The molecule has 1 aliphatic heterocycles. The number of hydrogen-bond donors (Lipinski definition) is 0. The monoisotopic (exact) mass is 611 g/mol. The molecule has 3 atom stereocenters. The van der Waals surface area contributed by atoms with Crippen molar-refractivity contribution in [3.05, 3.63) is 35.1 Å². The van der Waals surface area contributed by atoms with Crippen LogP contribution in [0.4, 0.5) is 4.39 Å². The molecule has 0 unspecified atom stereocenters. The van der Waals surface area contributed by atoms with Gasteiger partial charge in [-0.1, -0.05) is 45.1 Å². The molecule has 7 nitrogen and oxygen atoms in total. The minimum atomic E-state index is -0.504.